The van der Waals surface area contributed by atoms with Crippen LogP contribution < -0.4 is 10.1 Å². The quantitative estimate of drug-likeness (QED) is 0.922. The first-order valence-electron chi connectivity index (χ1n) is 5.90. The molecule has 1 unspecified atom stereocenters. The summed E-state index contributed by atoms with van der Waals surface area (Å²) in [6.07, 6.45) is 0.819. The van der Waals surface area contributed by atoms with E-state index in [2.05, 4.69) is 10.3 Å². The highest BCUT2D eigenvalue weighted by atomic mass is 32.1. The number of para-hydroxylation sites is 1. The molecule has 2 aromatic rings. The fraction of sp³-hybridized carbons (Fsp3) is 0.385. The zero-order chi connectivity index (χ0) is 13.1. The van der Waals surface area contributed by atoms with Gasteiger partial charge in [0.2, 0.25) is 5.91 Å². The minimum absolute atomic E-state index is 0.00101. The molecule has 96 valence electrons. The van der Waals surface area contributed by atoms with E-state index in [1.165, 1.54) is 11.3 Å². The van der Waals surface area contributed by atoms with Crippen LogP contribution in [0.5, 0.6) is 5.75 Å². The molecule has 0 saturated heterocycles. The van der Waals surface area contributed by atoms with Crippen molar-refractivity contribution in [2.24, 2.45) is 5.92 Å². The van der Waals surface area contributed by atoms with Crippen LogP contribution in [0.25, 0.3) is 10.2 Å². The lowest BCUT2D eigenvalue weighted by Gasteiger charge is -2.06. The third-order valence-electron chi connectivity index (χ3n) is 2.89. The van der Waals surface area contributed by atoms with Crippen molar-refractivity contribution < 1.29 is 9.53 Å². The fourth-order valence-corrected chi connectivity index (χ4v) is 2.44. The normalized spacial score (nSPS) is 12.4. The summed E-state index contributed by atoms with van der Waals surface area (Å²) in [5.74, 6) is 0.738. The number of benzene rings is 1. The van der Waals surface area contributed by atoms with Crippen molar-refractivity contribution in [2.75, 3.05) is 12.4 Å². The largest absolute Gasteiger partial charge is 0.494 e. The zero-order valence-corrected chi connectivity index (χ0v) is 11.5. The molecule has 0 saturated carbocycles. The molecule has 1 heterocycles. The van der Waals surface area contributed by atoms with E-state index in [1.807, 2.05) is 32.0 Å². The van der Waals surface area contributed by atoms with Gasteiger partial charge in [-0.2, -0.15) is 0 Å². The first kappa shape index (κ1) is 12.8. The van der Waals surface area contributed by atoms with Crippen molar-refractivity contribution in [3.8, 4) is 5.75 Å². The Bertz CT molecular complexity index is 565. The molecule has 2 rings (SSSR count). The van der Waals surface area contributed by atoms with Gasteiger partial charge < -0.3 is 10.1 Å². The summed E-state index contributed by atoms with van der Waals surface area (Å²) in [6, 6.07) is 5.75. The summed E-state index contributed by atoms with van der Waals surface area (Å²) >= 11 is 1.46. The monoisotopic (exact) mass is 264 g/mol. The Balaban J connectivity index is 2.28. The Morgan fingerprint density at radius 2 is 2.33 bits per heavy atom. The average Bonchev–Trinajstić information content (AvgIpc) is 2.79. The third-order valence-corrected chi connectivity index (χ3v) is 3.83. The predicted octanol–water partition coefficient (Wildman–Crippen LogP) is 3.29. The van der Waals surface area contributed by atoms with Crippen LogP contribution in [-0.2, 0) is 4.79 Å². The minimum atomic E-state index is -0.00101. The predicted molar refractivity (Wildman–Crippen MR) is 74.3 cm³/mol. The van der Waals surface area contributed by atoms with E-state index in [-0.39, 0.29) is 11.8 Å². The number of carbonyl (C=O) groups excluding carboxylic acids is 1. The summed E-state index contributed by atoms with van der Waals surface area (Å²) in [5, 5.41) is 3.47. The number of thiazole rings is 1. The van der Waals surface area contributed by atoms with Crippen LogP contribution in [0, 0.1) is 5.92 Å². The lowest BCUT2D eigenvalue weighted by atomic mass is 10.1. The summed E-state index contributed by atoms with van der Waals surface area (Å²) in [5.41, 5.74) is 0.796. The smallest absolute Gasteiger partial charge is 0.228 e. The molecule has 4 nitrogen and oxygen atoms in total. The number of anilines is 1. The number of ether oxygens (including phenoxy) is 1. The Hall–Kier alpha value is -1.62. The molecule has 0 aliphatic carbocycles. The molecule has 0 bridgehead atoms. The molecule has 0 radical (unpaired) electrons. The number of carbonyl (C=O) groups is 1. The molecular formula is C13H16N2O2S. The second-order valence-electron chi connectivity index (χ2n) is 4.12. The van der Waals surface area contributed by atoms with Gasteiger partial charge in [0.15, 0.2) is 5.13 Å². The topological polar surface area (TPSA) is 51.2 Å². The number of fused-ring (bicyclic) bond motifs is 1. The summed E-state index contributed by atoms with van der Waals surface area (Å²) in [6.45, 7) is 3.90. The van der Waals surface area contributed by atoms with E-state index < -0.39 is 0 Å². The van der Waals surface area contributed by atoms with Crippen molar-refractivity contribution >= 4 is 32.6 Å². The van der Waals surface area contributed by atoms with Crippen molar-refractivity contribution in [1.82, 2.24) is 4.98 Å². The SMILES string of the molecule is CCC(C)C(=O)Nc1nc2c(OC)cccc2s1. The molecule has 0 aliphatic rings. The molecule has 0 spiro atoms. The minimum Gasteiger partial charge on any atom is -0.494 e. The van der Waals surface area contributed by atoms with Gasteiger partial charge in [-0.3, -0.25) is 4.79 Å². The highest BCUT2D eigenvalue weighted by Crippen LogP contribution is 2.32. The molecule has 1 aromatic carbocycles. The van der Waals surface area contributed by atoms with Gasteiger partial charge in [0, 0.05) is 5.92 Å². The van der Waals surface area contributed by atoms with Gasteiger partial charge in [-0.15, -0.1) is 0 Å². The number of hydrogen-bond donors (Lipinski definition) is 1. The van der Waals surface area contributed by atoms with E-state index in [4.69, 9.17) is 4.74 Å². The number of nitrogens with zero attached hydrogens (tertiary/aromatic N) is 1. The first-order valence-corrected chi connectivity index (χ1v) is 6.71. The molecule has 0 fully saturated rings. The van der Waals surface area contributed by atoms with Gasteiger partial charge in [-0.1, -0.05) is 31.3 Å². The maximum Gasteiger partial charge on any atom is 0.228 e. The molecule has 5 heteroatoms. The number of amides is 1. The standard InChI is InChI=1S/C13H16N2O2S/c1-4-8(2)12(16)15-13-14-11-9(17-3)6-5-7-10(11)18-13/h5-8H,4H2,1-3H3,(H,14,15,16). The molecule has 18 heavy (non-hydrogen) atoms. The lowest BCUT2D eigenvalue weighted by Crippen LogP contribution is -2.19. The van der Waals surface area contributed by atoms with E-state index in [1.54, 1.807) is 7.11 Å². The fourth-order valence-electron chi connectivity index (χ4n) is 1.56. The second-order valence-corrected chi connectivity index (χ2v) is 5.16. The summed E-state index contributed by atoms with van der Waals surface area (Å²) < 4.78 is 6.25. The van der Waals surface area contributed by atoms with E-state index in [0.717, 1.165) is 22.4 Å². The lowest BCUT2D eigenvalue weighted by molar-refractivity contribution is -0.119. The van der Waals surface area contributed by atoms with Crippen molar-refractivity contribution in [2.45, 2.75) is 20.3 Å². The van der Waals surface area contributed by atoms with Crippen LogP contribution >= 0.6 is 11.3 Å². The summed E-state index contributed by atoms with van der Waals surface area (Å²) in [4.78, 5) is 16.2. The van der Waals surface area contributed by atoms with Gasteiger partial charge in [0.25, 0.3) is 0 Å². The number of methoxy groups -OCH3 is 1. The Labute approximate surface area is 110 Å². The Morgan fingerprint density at radius 3 is 3.00 bits per heavy atom. The molecule has 1 N–H and O–H groups in total. The van der Waals surface area contributed by atoms with Crippen LogP contribution in [0.1, 0.15) is 20.3 Å². The Kier molecular flexibility index (Phi) is 3.81. The zero-order valence-electron chi connectivity index (χ0n) is 10.7. The molecular weight excluding hydrogens is 248 g/mol. The average molecular weight is 264 g/mol. The van der Waals surface area contributed by atoms with E-state index in [9.17, 15) is 4.79 Å². The Morgan fingerprint density at radius 1 is 1.56 bits per heavy atom. The molecule has 0 aliphatic heterocycles. The number of aromatic nitrogens is 1. The van der Waals surface area contributed by atoms with Gasteiger partial charge in [-0.05, 0) is 18.6 Å². The van der Waals surface area contributed by atoms with E-state index >= 15 is 0 Å². The van der Waals surface area contributed by atoms with Gasteiger partial charge in [-0.25, -0.2) is 4.98 Å². The maximum absolute atomic E-state index is 11.8. The molecule has 1 aromatic heterocycles. The van der Waals surface area contributed by atoms with Crippen LogP contribution in [0.15, 0.2) is 18.2 Å². The molecule has 1 amide bonds. The van der Waals surface area contributed by atoms with Gasteiger partial charge in [0.1, 0.15) is 11.3 Å². The third kappa shape index (κ3) is 2.46. The highest BCUT2D eigenvalue weighted by molar-refractivity contribution is 7.22. The van der Waals surface area contributed by atoms with E-state index in [0.29, 0.717) is 5.13 Å². The van der Waals surface area contributed by atoms with Gasteiger partial charge >= 0.3 is 0 Å². The first-order chi connectivity index (χ1) is 8.65. The number of rotatable bonds is 4. The maximum atomic E-state index is 11.8. The highest BCUT2D eigenvalue weighted by Gasteiger charge is 2.14. The van der Waals surface area contributed by atoms with Crippen molar-refractivity contribution in [1.29, 1.82) is 0 Å². The second kappa shape index (κ2) is 5.35. The van der Waals surface area contributed by atoms with Crippen molar-refractivity contribution in [3.63, 3.8) is 0 Å². The van der Waals surface area contributed by atoms with Crippen molar-refractivity contribution in [3.05, 3.63) is 18.2 Å². The van der Waals surface area contributed by atoms with Crippen LogP contribution in [0.3, 0.4) is 0 Å². The van der Waals surface area contributed by atoms with Crippen LogP contribution in [0.4, 0.5) is 5.13 Å². The van der Waals surface area contributed by atoms with Crippen LogP contribution in [0.2, 0.25) is 0 Å². The summed E-state index contributed by atoms with van der Waals surface area (Å²) in [7, 11) is 1.62. The van der Waals surface area contributed by atoms with Gasteiger partial charge in [0.05, 0.1) is 11.8 Å². The van der Waals surface area contributed by atoms with Crippen LogP contribution in [-0.4, -0.2) is 18.0 Å². The molecule has 1 atom stereocenters. The number of hydrogen-bond acceptors (Lipinski definition) is 4. The number of nitrogens with one attached hydrogen (secondary N) is 1.